The van der Waals surface area contributed by atoms with Crippen LogP contribution >= 0.6 is 0 Å². The second kappa shape index (κ2) is 6.19. The molecule has 4 atom stereocenters. The molecule has 1 aliphatic heterocycles. The quantitative estimate of drug-likeness (QED) is 0.810. The average molecular weight is 238 g/mol. The van der Waals surface area contributed by atoms with Crippen LogP contribution in [-0.4, -0.2) is 37.1 Å². The van der Waals surface area contributed by atoms with E-state index < -0.39 is 0 Å². The molecule has 1 aliphatic carbocycles. The minimum absolute atomic E-state index is 0.763. The van der Waals surface area contributed by atoms with Crippen LogP contribution in [0.25, 0.3) is 0 Å². The summed E-state index contributed by atoms with van der Waals surface area (Å²) in [5, 5.41) is 3.63. The van der Waals surface area contributed by atoms with Crippen LogP contribution in [-0.2, 0) is 0 Å². The lowest BCUT2D eigenvalue weighted by Gasteiger charge is -2.38. The van der Waals surface area contributed by atoms with E-state index in [9.17, 15) is 0 Å². The highest BCUT2D eigenvalue weighted by molar-refractivity contribution is 4.84. The fourth-order valence-corrected chi connectivity index (χ4v) is 3.82. The van der Waals surface area contributed by atoms with Gasteiger partial charge in [0.05, 0.1) is 0 Å². The number of nitrogens with zero attached hydrogens (tertiary/aromatic N) is 1. The number of nitrogens with one attached hydrogen (secondary N) is 1. The van der Waals surface area contributed by atoms with Crippen molar-refractivity contribution in [3.8, 4) is 0 Å². The van der Waals surface area contributed by atoms with Gasteiger partial charge in [-0.15, -0.1) is 0 Å². The van der Waals surface area contributed by atoms with Crippen LogP contribution in [0.3, 0.4) is 0 Å². The van der Waals surface area contributed by atoms with Crippen molar-refractivity contribution in [3.05, 3.63) is 0 Å². The van der Waals surface area contributed by atoms with Gasteiger partial charge in [0.25, 0.3) is 0 Å². The van der Waals surface area contributed by atoms with Crippen molar-refractivity contribution in [2.75, 3.05) is 26.2 Å². The van der Waals surface area contributed by atoms with Gasteiger partial charge in [-0.25, -0.2) is 0 Å². The van der Waals surface area contributed by atoms with Crippen molar-refractivity contribution in [2.24, 2.45) is 17.8 Å². The van der Waals surface area contributed by atoms with Gasteiger partial charge in [0.1, 0.15) is 0 Å². The van der Waals surface area contributed by atoms with Gasteiger partial charge in [0.2, 0.25) is 0 Å². The maximum atomic E-state index is 3.63. The molecular weight excluding hydrogens is 208 g/mol. The molecule has 2 fully saturated rings. The smallest absolute Gasteiger partial charge is 0.0117 e. The van der Waals surface area contributed by atoms with Gasteiger partial charge in [-0.1, -0.05) is 27.2 Å². The molecule has 1 saturated carbocycles. The number of rotatable bonds is 4. The van der Waals surface area contributed by atoms with Gasteiger partial charge >= 0.3 is 0 Å². The van der Waals surface area contributed by atoms with Gasteiger partial charge in [-0.05, 0) is 50.1 Å². The monoisotopic (exact) mass is 238 g/mol. The number of piperidine rings is 1. The van der Waals surface area contributed by atoms with Crippen LogP contribution in [0.4, 0.5) is 0 Å². The van der Waals surface area contributed by atoms with E-state index in [-0.39, 0.29) is 0 Å². The second-order valence-corrected chi connectivity index (χ2v) is 6.47. The largest absolute Gasteiger partial charge is 0.314 e. The summed E-state index contributed by atoms with van der Waals surface area (Å²) >= 11 is 0. The summed E-state index contributed by atoms with van der Waals surface area (Å²) in [6.07, 6.45) is 5.76. The lowest BCUT2D eigenvalue weighted by Crippen LogP contribution is -2.49. The Morgan fingerprint density at radius 1 is 1.18 bits per heavy atom. The molecule has 0 amide bonds. The Morgan fingerprint density at radius 3 is 2.59 bits per heavy atom. The highest BCUT2D eigenvalue weighted by Crippen LogP contribution is 2.31. The van der Waals surface area contributed by atoms with E-state index in [4.69, 9.17) is 0 Å². The molecular formula is C15H30N2. The van der Waals surface area contributed by atoms with Crippen LogP contribution in [0.5, 0.6) is 0 Å². The molecule has 0 aromatic heterocycles. The van der Waals surface area contributed by atoms with Gasteiger partial charge in [0, 0.05) is 19.1 Å². The van der Waals surface area contributed by atoms with Crippen LogP contribution in [0.15, 0.2) is 0 Å². The Balaban J connectivity index is 1.73. The first-order valence-electron chi connectivity index (χ1n) is 7.64. The first-order chi connectivity index (χ1) is 8.19. The molecule has 2 rings (SSSR count). The summed E-state index contributed by atoms with van der Waals surface area (Å²) in [4.78, 5) is 2.72. The first-order valence-corrected chi connectivity index (χ1v) is 7.64. The Hall–Kier alpha value is -0.0800. The van der Waals surface area contributed by atoms with Crippen LogP contribution in [0.2, 0.25) is 0 Å². The van der Waals surface area contributed by atoms with Gasteiger partial charge in [-0.2, -0.15) is 0 Å². The van der Waals surface area contributed by atoms with E-state index in [1.165, 1.54) is 45.3 Å². The van der Waals surface area contributed by atoms with E-state index in [1.54, 1.807) is 0 Å². The molecule has 0 aromatic rings. The van der Waals surface area contributed by atoms with Crippen molar-refractivity contribution < 1.29 is 0 Å². The maximum absolute atomic E-state index is 3.63. The van der Waals surface area contributed by atoms with Crippen molar-refractivity contribution in [3.63, 3.8) is 0 Å². The fourth-order valence-electron chi connectivity index (χ4n) is 3.82. The zero-order valence-electron chi connectivity index (χ0n) is 11.9. The van der Waals surface area contributed by atoms with Gasteiger partial charge < -0.3 is 10.2 Å². The molecule has 0 aromatic carbocycles. The summed E-state index contributed by atoms with van der Waals surface area (Å²) in [5.74, 6) is 2.80. The number of likely N-dealkylation sites (tertiary alicyclic amines) is 1. The molecule has 1 saturated heterocycles. The van der Waals surface area contributed by atoms with Gasteiger partial charge in [0.15, 0.2) is 0 Å². The lowest BCUT2D eigenvalue weighted by atomic mass is 9.92. The molecule has 2 heteroatoms. The molecule has 0 bridgehead atoms. The van der Waals surface area contributed by atoms with E-state index in [2.05, 4.69) is 31.0 Å². The fraction of sp³-hybridized carbons (Fsp3) is 1.00. The molecule has 1 heterocycles. The molecule has 17 heavy (non-hydrogen) atoms. The standard InChI is InChI=1S/C15H30N2/c1-4-16-15-7-8-17(10-13(15)3)11-14-6-5-12(2)9-14/h12-16H,4-11H2,1-3H3. The molecule has 0 spiro atoms. The number of hydrogen-bond donors (Lipinski definition) is 1. The molecule has 2 nitrogen and oxygen atoms in total. The SMILES string of the molecule is CCNC1CCN(CC2CCC(C)C2)CC1C. The Kier molecular flexibility index (Phi) is 4.87. The first kappa shape index (κ1) is 13.4. The zero-order chi connectivity index (χ0) is 12.3. The minimum Gasteiger partial charge on any atom is -0.314 e. The zero-order valence-corrected chi connectivity index (χ0v) is 11.9. The van der Waals surface area contributed by atoms with Crippen LogP contribution in [0.1, 0.15) is 46.5 Å². The molecule has 4 unspecified atom stereocenters. The topological polar surface area (TPSA) is 15.3 Å². The third-order valence-electron chi connectivity index (χ3n) is 4.78. The van der Waals surface area contributed by atoms with Gasteiger partial charge in [-0.3, -0.25) is 0 Å². The molecule has 1 N–H and O–H groups in total. The molecule has 2 aliphatic rings. The summed E-state index contributed by atoms with van der Waals surface area (Å²) in [6.45, 7) is 12.2. The Bertz CT molecular complexity index is 229. The van der Waals surface area contributed by atoms with E-state index in [1.807, 2.05) is 0 Å². The second-order valence-electron chi connectivity index (χ2n) is 6.47. The predicted octanol–water partition coefficient (Wildman–Crippen LogP) is 2.74. The highest BCUT2D eigenvalue weighted by atomic mass is 15.1. The van der Waals surface area contributed by atoms with Crippen molar-refractivity contribution in [1.82, 2.24) is 10.2 Å². The summed E-state index contributed by atoms with van der Waals surface area (Å²) in [7, 11) is 0. The minimum atomic E-state index is 0.763. The summed E-state index contributed by atoms with van der Waals surface area (Å²) in [6, 6.07) is 0.763. The highest BCUT2D eigenvalue weighted by Gasteiger charge is 2.28. The summed E-state index contributed by atoms with van der Waals surface area (Å²) in [5.41, 5.74) is 0. The van der Waals surface area contributed by atoms with E-state index in [0.29, 0.717) is 0 Å². The normalized spacial score (nSPS) is 39.7. The van der Waals surface area contributed by atoms with E-state index in [0.717, 1.165) is 30.3 Å². The Morgan fingerprint density at radius 2 is 2.00 bits per heavy atom. The molecule has 100 valence electrons. The third kappa shape index (κ3) is 3.69. The third-order valence-corrected chi connectivity index (χ3v) is 4.78. The maximum Gasteiger partial charge on any atom is 0.0117 e. The Labute approximate surface area is 107 Å². The van der Waals surface area contributed by atoms with Crippen molar-refractivity contribution >= 4 is 0 Å². The predicted molar refractivity (Wildman–Crippen MR) is 74.2 cm³/mol. The van der Waals surface area contributed by atoms with Crippen molar-refractivity contribution in [2.45, 2.75) is 52.5 Å². The lowest BCUT2D eigenvalue weighted by molar-refractivity contribution is 0.130. The summed E-state index contributed by atoms with van der Waals surface area (Å²) < 4.78 is 0. The number of hydrogen-bond acceptors (Lipinski definition) is 2. The van der Waals surface area contributed by atoms with Crippen LogP contribution in [0, 0.1) is 17.8 Å². The van der Waals surface area contributed by atoms with Crippen molar-refractivity contribution in [1.29, 1.82) is 0 Å². The van der Waals surface area contributed by atoms with Crippen LogP contribution < -0.4 is 5.32 Å². The average Bonchev–Trinajstić information content (AvgIpc) is 2.68. The molecule has 0 radical (unpaired) electrons. The van der Waals surface area contributed by atoms with E-state index >= 15 is 0 Å².